The molecule has 0 unspecified atom stereocenters. The van der Waals surface area contributed by atoms with E-state index in [9.17, 15) is 5.11 Å². The maximum atomic E-state index is 9.35. The minimum absolute atomic E-state index is 0.292. The van der Waals surface area contributed by atoms with E-state index in [-0.39, 0.29) is 0 Å². The van der Waals surface area contributed by atoms with E-state index in [1.54, 1.807) is 18.3 Å². The smallest absolute Gasteiger partial charge is 0.227 e. The first kappa shape index (κ1) is 18.0. The third-order valence-electron chi connectivity index (χ3n) is 4.83. The Morgan fingerprint density at radius 3 is 2.39 bits per heavy atom. The molecule has 7 nitrogen and oxygen atoms in total. The van der Waals surface area contributed by atoms with Crippen LogP contribution in [-0.4, -0.2) is 52.8 Å². The Labute approximate surface area is 164 Å². The van der Waals surface area contributed by atoms with Crippen molar-refractivity contribution in [3.05, 3.63) is 66.5 Å². The molecule has 0 bridgehead atoms. The Bertz CT molecular complexity index is 879. The Morgan fingerprint density at radius 2 is 1.64 bits per heavy atom. The number of hydrogen-bond donors (Lipinski definition) is 2. The van der Waals surface area contributed by atoms with Gasteiger partial charge in [0.15, 0.2) is 0 Å². The van der Waals surface area contributed by atoms with Gasteiger partial charge in [-0.05, 0) is 42.3 Å². The highest BCUT2D eigenvalue weighted by molar-refractivity contribution is 5.45. The van der Waals surface area contributed by atoms with Crippen LogP contribution in [0.5, 0.6) is 5.75 Å². The van der Waals surface area contributed by atoms with Crippen molar-refractivity contribution in [2.75, 3.05) is 47.8 Å². The first-order chi connectivity index (χ1) is 13.8. The summed E-state index contributed by atoms with van der Waals surface area (Å²) < 4.78 is 0. The van der Waals surface area contributed by atoms with Gasteiger partial charge in [0.2, 0.25) is 5.95 Å². The molecule has 28 heavy (non-hydrogen) atoms. The van der Waals surface area contributed by atoms with Crippen LogP contribution in [0.4, 0.5) is 17.6 Å². The van der Waals surface area contributed by atoms with Gasteiger partial charge in [-0.25, -0.2) is 9.97 Å². The van der Waals surface area contributed by atoms with Crippen LogP contribution in [0.3, 0.4) is 0 Å². The molecule has 0 atom stereocenters. The predicted octanol–water partition coefficient (Wildman–Crippen LogP) is 2.56. The molecular weight excluding hydrogens is 352 g/mol. The lowest BCUT2D eigenvalue weighted by atomic mass is 10.1. The predicted molar refractivity (Wildman–Crippen MR) is 111 cm³/mol. The maximum Gasteiger partial charge on any atom is 0.227 e. The molecule has 0 saturated carbocycles. The third kappa shape index (κ3) is 4.49. The van der Waals surface area contributed by atoms with Crippen molar-refractivity contribution in [1.82, 2.24) is 15.0 Å². The molecule has 0 aliphatic carbocycles. The van der Waals surface area contributed by atoms with E-state index in [1.165, 1.54) is 5.56 Å². The molecule has 1 aromatic carbocycles. The molecule has 4 rings (SSSR count). The number of pyridine rings is 1. The molecule has 2 aromatic heterocycles. The van der Waals surface area contributed by atoms with E-state index in [1.807, 2.05) is 42.6 Å². The van der Waals surface area contributed by atoms with Gasteiger partial charge in [-0.15, -0.1) is 0 Å². The number of phenols is 1. The van der Waals surface area contributed by atoms with E-state index in [0.29, 0.717) is 5.75 Å². The number of hydrogen-bond acceptors (Lipinski definition) is 7. The van der Waals surface area contributed by atoms with Crippen molar-refractivity contribution >= 4 is 17.6 Å². The van der Waals surface area contributed by atoms with Crippen molar-refractivity contribution in [2.24, 2.45) is 0 Å². The number of nitrogens with zero attached hydrogens (tertiary/aromatic N) is 5. The standard InChI is InChI=1S/C21H24N6O/c28-18-6-4-17(5-7-18)8-11-22-19-9-12-24-21(25-19)27-15-13-26(14-16-27)20-3-1-2-10-23-20/h1-7,9-10,12,28H,8,11,13-16H2,(H,22,24,25). The van der Waals surface area contributed by atoms with Gasteiger partial charge in [0.25, 0.3) is 0 Å². The van der Waals surface area contributed by atoms with Crippen molar-refractivity contribution in [3.63, 3.8) is 0 Å². The zero-order valence-corrected chi connectivity index (χ0v) is 15.7. The van der Waals surface area contributed by atoms with Gasteiger partial charge < -0.3 is 20.2 Å². The van der Waals surface area contributed by atoms with E-state index < -0.39 is 0 Å². The SMILES string of the molecule is Oc1ccc(CCNc2ccnc(N3CCN(c4ccccn4)CC3)n2)cc1. The molecule has 7 heteroatoms. The Hall–Kier alpha value is -3.35. The zero-order chi connectivity index (χ0) is 19.2. The van der Waals surface area contributed by atoms with Crippen LogP contribution in [-0.2, 0) is 6.42 Å². The first-order valence-corrected chi connectivity index (χ1v) is 9.54. The zero-order valence-electron chi connectivity index (χ0n) is 15.7. The summed E-state index contributed by atoms with van der Waals surface area (Å²) >= 11 is 0. The second-order valence-electron chi connectivity index (χ2n) is 6.75. The average Bonchev–Trinajstić information content (AvgIpc) is 2.76. The van der Waals surface area contributed by atoms with Gasteiger partial charge in [0.1, 0.15) is 17.4 Å². The minimum Gasteiger partial charge on any atom is -0.508 e. The topological polar surface area (TPSA) is 77.4 Å². The Balaban J connectivity index is 1.31. The summed E-state index contributed by atoms with van der Waals surface area (Å²) in [6.07, 6.45) is 4.50. The summed E-state index contributed by atoms with van der Waals surface area (Å²) in [6.45, 7) is 4.31. The fourth-order valence-electron chi connectivity index (χ4n) is 3.27. The fourth-order valence-corrected chi connectivity index (χ4v) is 3.27. The molecule has 1 fully saturated rings. The van der Waals surface area contributed by atoms with Crippen LogP contribution in [0.15, 0.2) is 60.9 Å². The average molecular weight is 376 g/mol. The number of phenolic OH excluding ortho intramolecular Hbond substituents is 1. The van der Waals surface area contributed by atoms with Crippen LogP contribution in [0, 0.1) is 0 Å². The van der Waals surface area contributed by atoms with E-state index in [2.05, 4.69) is 30.1 Å². The number of nitrogens with one attached hydrogen (secondary N) is 1. The molecule has 3 aromatic rings. The first-order valence-electron chi connectivity index (χ1n) is 9.54. The van der Waals surface area contributed by atoms with Crippen LogP contribution in [0.25, 0.3) is 0 Å². The highest BCUT2D eigenvalue weighted by atomic mass is 16.3. The Kier molecular flexibility index (Phi) is 5.51. The van der Waals surface area contributed by atoms with Crippen LogP contribution in [0.2, 0.25) is 0 Å². The molecule has 3 heterocycles. The Morgan fingerprint density at radius 1 is 0.857 bits per heavy atom. The molecule has 0 spiro atoms. The minimum atomic E-state index is 0.292. The lowest BCUT2D eigenvalue weighted by Crippen LogP contribution is -2.47. The van der Waals surface area contributed by atoms with E-state index >= 15 is 0 Å². The van der Waals surface area contributed by atoms with E-state index in [4.69, 9.17) is 0 Å². The highest BCUT2D eigenvalue weighted by Crippen LogP contribution is 2.17. The van der Waals surface area contributed by atoms with Crippen LogP contribution < -0.4 is 15.1 Å². The maximum absolute atomic E-state index is 9.35. The largest absolute Gasteiger partial charge is 0.508 e. The molecule has 0 radical (unpaired) electrons. The number of benzene rings is 1. The molecule has 1 saturated heterocycles. The fraction of sp³-hybridized carbons (Fsp3) is 0.286. The number of anilines is 3. The van der Waals surface area contributed by atoms with Crippen molar-refractivity contribution < 1.29 is 5.11 Å². The summed E-state index contributed by atoms with van der Waals surface area (Å²) in [5, 5.41) is 12.7. The summed E-state index contributed by atoms with van der Waals surface area (Å²) in [7, 11) is 0. The van der Waals surface area contributed by atoms with Crippen LogP contribution >= 0.6 is 0 Å². The number of rotatable bonds is 6. The second-order valence-corrected chi connectivity index (χ2v) is 6.75. The van der Waals surface area contributed by atoms with E-state index in [0.717, 1.165) is 56.7 Å². The number of piperazine rings is 1. The quantitative estimate of drug-likeness (QED) is 0.685. The van der Waals surface area contributed by atoms with Crippen molar-refractivity contribution in [3.8, 4) is 5.75 Å². The molecule has 144 valence electrons. The summed E-state index contributed by atoms with van der Waals surface area (Å²) in [4.78, 5) is 18.0. The third-order valence-corrected chi connectivity index (χ3v) is 4.83. The normalized spacial score (nSPS) is 14.1. The van der Waals surface area contributed by atoms with Gasteiger partial charge in [-0.2, -0.15) is 4.98 Å². The molecule has 2 N–H and O–H groups in total. The van der Waals surface area contributed by atoms with Crippen molar-refractivity contribution in [1.29, 1.82) is 0 Å². The van der Waals surface area contributed by atoms with Gasteiger partial charge in [-0.1, -0.05) is 18.2 Å². The summed E-state index contributed by atoms with van der Waals surface area (Å²) in [5.74, 6) is 2.90. The molecule has 1 aliphatic heterocycles. The molecule has 0 amide bonds. The number of aromatic nitrogens is 3. The molecular formula is C21H24N6O. The lowest BCUT2D eigenvalue weighted by Gasteiger charge is -2.35. The number of aromatic hydroxyl groups is 1. The molecule has 1 aliphatic rings. The second kappa shape index (κ2) is 8.56. The summed E-state index contributed by atoms with van der Waals surface area (Å²) in [5.41, 5.74) is 1.17. The highest BCUT2D eigenvalue weighted by Gasteiger charge is 2.19. The van der Waals surface area contributed by atoms with Crippen LogP contribution in [0.1, 0.15) is 5.56 Å². The monoisotopic (exact) mass is 376 g/mol. The van der Waals surface area contributed by atoms with Gasteiger partial charge >= 0.3 is 0 Å². The van der Waals surface area contributed by atoms with Gasteiger partial charge in [-0.3, -0.25) is 0 Å². The van der Waals surface area contributed by atoms with Gasteiger partial charge in [0, 0.05) is 45.1 Å². The van der Waals surface area contributed by atoms with Gasteiger partial charge in [0.05, 0.1) is 0 Å². The lowest BCUT2D eigenvalue weighted by molar-refractivity contribution is 0.475. The summed E-state index contributed by atoms with van der Waals surface area (Å²) in [6, 6.07) is 15.2. The van der Waals surface area contributed by atoms with Crippen molar-refractivity contribution in [2.45, 2.75) is 6.42 Å².